The Labute approximate surface area is 133 Å². The number of likely N-dealkylation sites (tertiary alicyclic amines) is 1. The summed E-state index contributed by atoms with van der Waals surface area (Å²) in [5.41, 5.74) is 2.07. The van der Waals surface area contributed by atoms with Crippen molar-refractivity contribution in [1.29, 1.82) is 0 Å². The summed E-state index contributed by atoms with van der Waals surface area (Å²) in [5.74, 6) is -1.24. The van der Waals surface area contributed by atoms with Gasteiger partial charge < -0.3 is 10.0 Å². The lowest BCUT2D eigenvalue weighted by Crippen LogP contribution is -2.47. The number of carbonyl (C=O) groups is 2. The molecule has 2 rings (SSSR count). The molecule has 1 N–H and O–H groups in total. The lowest BCUT2D eigenvalue weighted by molar-refractivity contribution is -0.146. The summed E-state index contributed by atoms with van der Waals surface area (Å²) in [6.07, 6.45) is 1.71. The highest BCUT2D eigenvalue weighted by atomic mass is 79.9. The SMILES string of the molecule is Cc1ccc(CC(=O)N2CC(C(=O)O)CCC2C)cc1Br. The average molecular weight is 354 g/mol. The second-order valence-electron chi connectivity index (χ2n) is 5.77. The number of aliphatic carboxylic acids is 1. The molecule has 0 saturated carbocycles. The zero-order chi connectivity index (χ0) is 15.6. The van der Waals surface area contributed by atoms with E-state index in [2.05, 4.69) is 15.9 Å². The minimum atomic E-state index is -0.808. The maximum atomic E-state index is 12.5. The molecule has 5 heteroatoms. The second-order valence-corrected chi connectivity index (χ2v) is 6.62. The number of amides is 1. The molecule has 0 spiro atoms. The minimum Gasteiger partial charge on any atom is -0.481 e. The topological polar surface area (TPSA) is 57.6 Å². The molecule has 114 valence electrons. The van der Waals surface area contributed by atoms with E-state index in [9.17, 15) is 9.59 Å². The number of hydrogen-bond acceptors (Lipinski definition) is 2. The molecule has 1 saturated heterocycles. The van der Waals surface area contributed by atoms with Gasteiger partial charge in [-0.3, -0.25) is 9.59 Å². The van der Waals surface area contributed by atoms with Crippen molar-refractivity contribution < 1.29 is 14.7 Å². The second kappa shape index (κ2) is 6.60. The van der Waals surface area contributed by atoms with Gasteiger partial charge in [-0.05, 0) is 43.9 Å². The van der Waals surface area contributed by atoms with Crippen molar-refractivity contribution in [2.75, 3.05) is 6.54 Å². The van der Waals surface area contributed by atoms with Crippen LogP contribution in [-0.2, 0) is 16.0 Å². The summed E-state index contributed by atoms with van der Waals surface area (Å²) in [5, 5.41) is 9.14. The lowest BCUT2D eigenvalue weighted by atomic mass is 9.93. The van der Waals surface area contributed by atoms with E-state index in [0.29, 0.717) is 19.4 Å². The molecule has 1 aromatic rings. The van der Waals surface area contributed by atoms with Gasteiger partial charge in [-0.15, -0.1) is 0 Å². The highest BCUT2D eigenvalue weighted by Gasteiger charge is 2.32. The number of piperidine rings is 1. The maximum Gasteiger partial charge on any atom is 0.308 e. The number of benzene rings is 1. The van der Waals surface area contributed by atoms with Crippen LogP contribution in [0.25, 0.3) is 0 Å². The molecule has 0 radical (unpaired) electrons. The molecule has 1 aromatic carbocycles. The van der Waals surface area contributed by atoms with E-state index >= 15 is 0 Å². The number of rotatable bonds is 3. The van der Waals surface area contributed by atoms with Gasteiger partial charge >= 0.3 is 5.97 Å². The normalized spacial score (nSPS) is 22.1. The molecule has 1 aliphatic heterocycles. The molecule has 0 aliphatic carbocycles. The number of nitrogens with zero attached hydrogens (tertiary/aromatic N) is 1. The van der Waals surface area contributed by atoms with Gasteiger partial charge in [0.15, 0.2) is 0 Å². The molecule has 0 bridgehead atoms. The van der Waals surface area contributed by atoms with E-state index in [-0.39, 0.29) is 11.9 Å². The Balaban J connectivity index is 2.07. The van der Waals surface area contributed by atoms with Crippen molar-refractivity contribution >= 4 is 27.8 Å². The predicted molar refractivity (Wildman–Crippen MR) is 84.1 cm³/mol. The molecule has 0 aromatic heterocycles. The van der Waals surface area contributed by atoms with E-state index in [0.717, 1.165) is 22.0 Å². The van der Waals surface area contributed by atoms with E-state index in [4.69, 9.17) is 5.11 Å². The Morgan fingerprint density at radius 1 is 1.38 bits per heavy atom. The Morgan fingerprint density at radius 2 is 2.10 bits per heavy atom. The highest BCUT2D eigenvalue weighted by molar-refractivity contribution is 9.10. The van der Waals surface area contributed by atoms with E-state index in [1.165, 1.54) is 0 Å². The van der Waals surface area contributed by atoms with Crippen molar-refractivity contribution in [1.82, 2.24) is 4.90 Å². The van der Waals surface area contributed by atoms with Crippen LogP contribution in [0.5, 0.6) is 0 Å². The number of carboxylic acids is 1. The molecule has 1 aliphatic rings. The lowest BCUT2D eigenvalue weighted by Gasteiger charge is -2.36. The van der Waals surface area contributed by atoms with Crippen LogP contribution in [0, 0.1) is 12.8 Å². The fraction of sp³-hybridized carbons (Fsp3) is 0.500. The van der Waals surface area contributed by atoms with E-state index < -0.39 is 11.9 Å². The van der Waals surface area contributed by atoms with Crippen molar-refractivity contribution in [3.05, 3.63) is 33.8 Å². The number of carboxylic acid groups (broad SMARTS) is 1. The molecule has 4 nitrogen and oxygen atoms in total. The van der Waals surface area contributed by atoms with Gasteiger partial charge in [-0.2, -0.15) is 0 Å². The smallest absolute Gasteiger partial charge is 0.308 e. The third kappa shape index (κ3) is 3.84. The average Bonchev–Trinajstić information content (AvgIpc) is 2.43. The Morgan fingerprint density at radius 3 is 2.71 bits per heavy atom. The first kappa shape index (κ1) is 16.0. The number of hydrogen-bond donors (Lipinski definition) is 1. The van der Waals surface area contributed by atoms with Crippen molar-refractivity contribution in [3.8, 4) is 0 Å². The Bertz CT molecular complexity index is 558. The summed E-state index contributed by atoms with van der Waals surface area (Å²) in [6.45, 7) is 4.31. The first-order valence-electron chi connectivity index (χ1n) is 7.15. The number of aryl methyl sites for hydroxylation is 1. The van der Waals surface area contributed by atoms with Crippen LogP contribution >= 0.6 is 15.9 Å². The zero-order valence-corrected chi connectivity index (χ0v) is 13.9. The van der Waals surface area contributed by atoms with Gasteiger partial charge in [-0.1, -0.05) is 28.1 Å². The van der Waals surface area contributed by atoms with Gasteiger partial charge in [0.05, 0.1) is 12.3 Å². The fourth-order valence-corrected chi connectivity index (χ4v) is 3.10. The zero-order valence-electron chi connectivity index (χ0n) is 12.3. The van der Waals surface area contributed by atoms with Crippen LogP contribution in [-0.4, -0.2) is 34.5 Å². The largest absolute Gasteiger partial charge is 0.481 e. The van der Waals surface area contributed by atoms with Crippen LogP contribution in [0.15, 0.2) is 22.7 Å². The number of halogens is 1. The molecule has 21 heavy (non-hydrogen) atoms. The Kier molecular flexibility index (Phi) is 5.04. The van der Waals surface area contributed by atoms with Gasteiger partial charge in [-0.25, -0.2) is 0 Å². The van der Waals surface area contributed by atoms with Crippen LogP contribution in [0.1, 0.15) is 30.9 Å². The monoisotopic (exact) mass is 353 g/mol. The minimum absolute atomic E-state index is 0.00389. The Hall–Kier alpha value is -1.36. The van der Waals surface area contributed by atoms with Crippen molar-refractivity contribution in [2.45, 2.75) is 39.2 Å². The molecule has 1 heterocycles. The third-order valence-electron chi connectivity index (χ3n) is 4.14. The molecule has 1 fully saturated rings. The summed E-state index contributed by atoms with van der Waals surface area (Å²) < 4.78 is 0.989. The molecule has 1 amide bonds. The van der Waals surface area contributed by atoms with Crippen molar-refractivity contribution in [3.63, 3.8) is 0 Å². The van der Waals surface area contributed by atoms with Crippen LogP contribution < -0.4 is 0 Å². The first-order valence-corrected chi connectivity index (χ1v) is 7.95. The third-order valence-corrected chi connectivity index (χ3v) is 5.00. The molecular formula is C16H20BrNO3. The van der Waals surface area contributed by atoms with Gasteiger partial charge in [0.1, 0.15) is 0 Å². The van der Waals surface area contributed by atoms with Gasteiger partial charge in [0.25, 0.3) is 0 Å². The summed E-state index contributed by atoms with van der Waals surface area (Å²) in [7, 11) is 0. The molecule has 2 unspecified atom stereocenters. The first-order chi connectivity index (χ1) is 9.88. The standard InChI is InChI=1S/C16H20BrNO3/c1-10-3-5-12(7-14(10)17)8-15(19)18-9-13(16(20)21)6-4-11(18)2/h3,5,7,11,13H,4,6,8-9H2,1-2H3,(H,20,21). The van der Waals surface area contributed by atoms with Crippen LogP contribution in [0.4, 0.5) is 0 Å². The number of carbonyl (C=O) groups excluding carboxylic acids is 1. The van der Waals surface area contributed by atoms with Crippen molar-refractivity contribution in [2.24, 2.45) is 5.92 Å². The maximum absolute atomic E-state index is 12.5. The quantitative estimate of drug-likeness (QED) is 0.908. The van der Waals surface area contributed by atoms with E-state index in [1.54, 1.807) is 4.90 Å². The molecular weight excluding hydrogens is 334 g/mol. The van der Waals surface area contributed by atoms with Crippen LogP contribution in [0.3, 0.4) is 0 Å². The summed E-state index contributed by atoms with van der Waals surface area (Å²) >= 11 is 3.47. The predicted octanol–water partition coefficient (Wildman–Crippen LogP) is 3.01. The summed E-state index contributed by atoms with van der Waals surface area (Å²) in [4.78, 5) is 25.3. The van der Waals surface area contributed by atoms with Crippen LogP contribution in [0.2, 0.25) is 0 Å². The van der Waals surface area contributed by atoms with Gasteiger partial charge in [0, 0.05) is 17.1 Å². The fourth-order valence-electron chi connectivity index (χ4n) is 2.68. The highest BCUT2D eigenvalue weighted by Crippen LogP contribution is 2.24. The van der Waals surface area contributed by atoms with Gasteiger partial charge in [0.2, 0.25) is 5.91 Å². The van der Waals surface area contributed by atoms with E-state index in [1.807, 2.05) is 32.0 Å². The summed E-state index contributed by atoms with van der Waals surface area (Å²) in [6, 6.07) is 5.99. The molecule has 2 atom stereocenters.